The van der Waals surface area contributed by atoms with Gasteiger partial charge in [-0.2, -0.15) is 8.78 Å². The second kappa shape index (κ2) is 11.7. The van der Waals surface area contributed by atoms with Crippen LogP contribution in [-0.4, -0.2) is 38.1 Å². The van der Waals surface area contributed by atoms with Gasteiger partial charge in [0.05, 0.1) is 12.1 Å². The minimum Gasteiger partial charge on any atom is -0.434 e. The molecule has 0 fully saturated rings. The Morgan fingerprint density at radius 3 is 2.53 bits per heavy atom. The van der Waals surface area contributed by atoms with Crippen LogP contribution in [0.25, 0.3) is 0 Å². The maximum absolute atomic E-state index is 13.6. The number of benzene rings is 2. The molecule has 2 aromatic carbocycles. The van der Waals surface area contributed by atoms with Crippen LogP contribution in [-0.2, 0) is 6.54 Å². The average Bonchev–Trinajstić information content (AvgIpc) is 2.70. The van der Waals surface area contributed by atoms with E-state index in [0.29, 0.717) is 24.6 Å². The molecule has 0 heterocycles. The summed E-state index contributed by atoms with van der Waals surface area (Å²) >= 11 is 0. The number of aryl methyl sites for hydroxylation is 1. The van der Waals surface area contributed by atoms with Crippen LogP contribution in [0.5, 0.6) is 5.75 Å². The zero-order valence-corrected chi connectivity index (χ0v) is 16.8. The summed E-state index contributed by atoms with van der Waals surface area (Å²) in [6.07, 6.45) is 0. The molecule has 30 heavy (non-hydrogen) atoms. The van der Waals surface area contributed by atoms with Gasteiger partial charge in [0.1, 0.15) is 11.6 Å². The highest BCUT2D eigenvalue weighted by molar-refractivity contribution is 5.94. The van der Waals surface area contributed by atoms with Crippen molar-refractivity contribution in [1.82, 2.24) is 16.0 Å². The summed E-state index contributed by atoms with van der Waals surface area (Å²) in [5.74, 6) is -0.572. The van der Waals surface area contributed by atoms with Crippen LogP contribution in [0.15, 0.2) is 47.5 Å². The first-order valence-electron chi connectivity index (χ1n) is 9.50. The number of ether oxygens (including phenoxy) is 1. The molecule has 3 N–H and O–H groups in total. The van der Waals surface area contributed by atoms with E-state index in [1.807, 2.05) is 13.8 Å². The summed E-state index contributed by atoms with van der Waals surface area (Å²) in [6.45, 7) is 2.10. The Labute approximate surface area is 173 Å². The van der Waals surface area contributed by atoms with Gasteiger partial charge in [-0.25, -0.2) is 9.38 Å². The molecule has 162 valence electrons. The van der Waals surface area contributed by atoms with Gasteiger partial charge >= 0.3 is 6.61 Å². The molecule has 0 aliphatic rings. The Bertz CT molecular complexity index is 875. The van der Waals surface area contributed by atoms with E-state index in [9.17, 15) is 18.0 Å². The van der Waals surface area contributed by atoms with E-state index in [-0.39, 0.29) is 24.4 Å². The second-order valence-electron chi connectivity index (χ2n) is 6.35. The Balaban J connectivity index is 1.93. The monoisotopic (exact) mass is 422 g/mol. The topological polar surface area (TPSA) is 74.8 Å². The fourth-order valence-corrected chi connectivity index (χ4v) is 2.65. The van der Waals surface area contributed by atoms with Crippen molar-refractivity contribution in [2.45, 2.75) is 27.0 Å². The molecule has 0 bridgehead atoms. The van der Waals surface area contributed by atoms with Gasteiger partial charge in [-0.3, -0.25) is 4.79 Å². The van der Waals surface area contributed by atoms with Crippen LogP contribution in [0.2, 0.25) is 0 Å². The third-order valence-electron chi connectivity index (χ3n) is 4.01. The minimum absolute atomic E-state index is 0.0240. The number of alkyl halides is 2. The second-order valence-corrected chi connectivity index (χ2v) is 6.35. The van der Waals surface area contributed by atoms with E-state index in [4.69, 9.17) is 0 Å². The van der Waals surface area contributed by atoms with Crippen LogP contribution >= 0.6 is 0 Å². The smallest absolute Gasteiger partial charge is 0.387 e. The normalized spacial score (nSPS) is 11.3. The average molecular weight is 422 g/mol. The third-order valence-corrected chi connectivity index (χ3v) is 4.01. The molecule has 0 aromatic heterocycles. The van der Waals surface area contributed by atoms with E-state index in [1.54, 1.807) is 18.2 Å². The molecule has 0 saturated heterocycles. The summed E-state index contributed by atoms with van der Waals surface area (Å²) in [5.41, 5.74) is 1.40. The van der Waals surface area contributed by atoms with Gasteiger partial charge < -0.3 is 20.7 Å². The highest BCUT2D eigenvalue weighted by Crippen LogP contribution is 2.22. The first-order valence-corrected chi connectivity index (χ1v) is 9.50. The molecule has 0 atom stereocenters. The number of amides is 1. The third kappa shape index (κ3) is 7.31. The van der Waals surface area contributed by atoms with Crippen LogP contribution in [0.3, 0.4) is 0 Å². The number of hydrogen-bond acceptors (Lipinski definition) is 3. The zero-order chi connectivity index (χ0) is 21.9. The summed E-state index contributed by atoms with van der Waals surface area (Å²) in [5, 5.41) is 8.68. The molecule has 0 aliphatic heterocycles. The van der Waals surface area contributed by atoms with Crippen molar-refractivity contribution in [3.8, 4) is 5.75 Å². The lowest BCUT2D eigenvalue weighted by molar-refractivity contribution is -0.0504. The van der Waals surface area contributed by atoms with E-state index in [2.05, 4.69) is 25.7 Å². The lowest BCUT2D eigenvalue weighted by Crippen LogP contribution is -2.41. The molecule has 6 nitrogen and oxygen atoms in total. The first kappa shape index (κ1) is 23.1. The van der Waals surface area contributed by atoms with E-state index < -0.39 is 18.3 Å². The van der Waals surface area contributed by atoms with Crippen LogP contribution in [0.4, 0.5) is 13.2 Å². The molecule has 2 aromatic rings. The predicted molar refractivity (Wildman–Crippen MR) is 109 cm³/mol. The van der Waals surface area contributed by atoms with Gasteiger partial charge in [-0.15, -0.1) is 0 Å². The summed E-state index contributed by atoms with van der Waals surface area (Å²) in [4.78, 5) is 16.4. The lowest BCUT2D eigenvalue weighted by Gasteiger charge is -2.13. The van der Waals surface area contributed by atoms with Crippen molar-refractivity contribution in [1.29, 1.82) is 0 Å². The SMILES string of the molecule is CCNC(=NCc1cc(C)ccc1OC(F)F)NCCNC(=O)c1ccccc1F. The molecule has 0 unspecified atom stereocenters. The van der Waals surface area contributed by atoms with Crippen LogP contribution < -0.4 is 20.7 Å². The van der Waals surface area contributed by atoms with Gasteiger partial charge in [0.25, 0.3) is 5.91 Å². The van der Waals surface area contributed by atoms with Gasteiger partial charge in [-0.05, 0) is 32.0 Å². The van der Waals surface area contributed by atoms with Gasteiger partial charge in [0.2, 0.25) is 0 Å². The van der Waals surface area contributed by atoms with Crippen molar-refractivity contribution in [3.05, 3.63) is 65.0 Å². The fraction of sp³-hybridized carbons (Fsp3) is 0.333. The number of nitrogens with one attached hydrogen (secondary N) is 3. The highest BCUT2D eigenvalue weighted by Gasteiger charge is 2.11. The van der Waals surface area contributed by atoms with Gasteiger partial charge in [0, 0.05) is 25.2 Å². The maximum atomic E-state index is 13.6. The lowest BCUT2D eigenvalue weighted by atomic mass is 10.1. The molecule has 9 heteroatoms. The molecule has 1 amide bonds. The van der Waals surface area contributed by atoms with E-state index in [0.717, 1.165) is 5.56 Å². The van der Waals surface area contributed by atoms with E-state index in [1.165, 1.54) is 24.3 Å². The maximum Gasteiger partial charge on any atom is 0.387 e. The number of guanidine groups is 1. The highest BCUT2D eigenvalue weighted by atomic mass is 19.3. The molecule has 2 rings (SSSR count). The number of nitrogens with zero attached hydrogens (tertiary/aromatic N) is 1. The van der Waals surface area contributed by atoms with Gasteiger partial charge in [-0.1, -0.05) is 29.8 Å². The number of carbonyl (C=O) groups excluding carboxylic acids is 1. The standard InChI is InChI=1S/C21H25F3N4O2/c1-3-25-21(27-11-10-26-19(29)16-6-4-5-7-17(16)22)28-13-15-12-14(2)8-9-18(15)30-20(23)24/h4-9,12,20H,3,10-11,13H2,1-2H3,(H,26,29)(H2,25,27,28). The van der Waals surface area contributed by atoms with E-state index >= 15 is 0 Å². The number of halogens is 3. The molecule has 0 aliphatic carbocycles. The molecular weight excluding hydrogens is 397 g/mol. The van der Waals surface area contributed by atoms with Crippen molar-refractivity contribution in [2.75, 3.05) is 19.6 Å². The Kier molecular flexibility index (Phi) is 8.99. The minimum atomic E-state index is -2.92. The Morgan fingerprint density at radius 2 is 1.83 bits per heavy atom. The van der Waals surface area contributed by atoms with Crippen molar-refractivity contribution >= 4 is 11.9 Å². The first-order chi connectivity index (χ1) is 14.4. The van der Waals surface area contributed by atoms with Gasteiger partial charge in [0.15, 0.2) is 5.96 Å². The molecular formula is C21H25F3N4O2. The quantitative estimate of drug-likeness (QED) is 0.330. The Hall–Kier alpha value is -3.23. The number of rotatable bonds is 9. The zero-order valence-electron chi connectivity index (χ0n) is 16.8. The number of aliphatic imine (C=N–C) groups is 1. The summed E-state index contributed by atoms with van der Waals surface area (Å²) < 4.78 is 43.4. The van der Waals surface area contributed by atoms with Crippen molar-refractivity contribution in [3.63, 3.8) is 0 Å². The predicted octanol–water partition coefficient (Wildman–Crippen LogP) is 3.22. The number of carbonyl (C=O) groups is 1. The van der Waals surface area contributed by atoms with Crippen LogP contribution in [0, 0.1) is 12.7 Å². The van der Waals surface area contributed by atoms with Crippen molar-refractivity contribution < 1.29 is 22.7 Å². The molecule has 0 radical (unpaired) electrons. The van der Waals surface area contributed by atoms with Crippen LogP contribution in [0.1, 0.15) is 28.4 Å². The summed E-state index contributed by atoms with van der Waals surface area (Å²) in [6, 6.07) is 10.6. The fourth-order valence-electron chi connectivity index (χ4n) is 2.65. The largest absolute Gasteiger partial charge is 0.434 e. The number of hydrogen-bond donors (Lipinski definition) is 3. The molecule has 0 spiro atoms. The summed E-state index contributed by atoms with van der Waals surface area (Å²) in [7, 11) is 0. The van der Waals surface area contributed by atoms with Crippen molar-refractivity contribution in [2.24, 2.45) is 4.99 Å². The Morgan fingerprint density at radius 1 is 1.10 bits per heavy atom. The molecule has 0 saturated carbocycles.